The zero-order valence-corrected chi connectivity index (χ0v) is 15.0. The van der Waals surface area contributed by atoms with Gasteiger partial charge in [0.1, 0.15) is 11.6 Å². The number of hydrogen-bond acceptors (Lipinski definition) is 3. The van der Waals surface area contributed by atoms with Gasteiger partial charge in [-0.3, -0.25) is 0 Å². The van der Waals surface area contributed by atoms with Gasteiger partial charge < -0.3 is 4.74 Å². The molecule has 128 valence electrons. The van der Waals surface area contributed by atoms with E-state index in [1.807, 2.05) is 13.0 Å². The Labute approximate surface area is 147 Å². The van der Waals surface area contributed by atoms with Gasteiger partial charge in [-0.25, -0.2) is 9.18 Å². The van der Waals surface area contributed by atoms with Gasteiger partial charge >= 0.3 is 5.97 Å². The molecule has 0 radical (unpaired) electrons. The molecular weight excluding hydrogens is 323 g/mol. The van der Waals surface area contributed by atoms with Crippen LogP contribution in [0.15, 0.2) is 42.5 Å². The molecule has 0 atom stereocenters. The lowest BCUT2D eigenvalue weighted by Gasteiger charge is -2.05. The average molecular weight is 346 g/mol. The van der Waals surface area contributed by atoms with E-state index in [4.69, 9.17) is 4.74 Å². The number of carbonyl (C=O) groups excluding carboxylic acids is 1. The standard InChI is InChI=1S/C20H23FO2S/c1-3-5-7-8-16-11-13-19(24-16)17-12-10-15(14-18(17)21)23-20(22)9-6-4-2/h6,9-14H,3-5,7-8H2,1-2H3/b9-6+. The Bertz CT molecular complexity index is 703. The SMILES string of the molecule is CC/C=C/C(=O)Oc1ccc(-c2ccc(CCCCC)s2)c(F)c1. The molecule has 0 aliphatic carbocycles. The van der Waals surface area contributed by atoms with Crippen LogP contribution < -0.4 is 4.74 Å². The summed E-state index contributed by atoms with van der Waals surface area (Å²) in [5.41, 5.74) is 0.547. The van der Waals surface area contributed by atoms with Crippen molar-refractivity contribution in [2.45, 2.75) is 46.0 Å². The predicted molar refractivity (Wildman–Crippen MR) is 98.0 cm³/mol. The second-order valence-corrected chi connectivity index (χ2v) is 6.76. The lowest BCUT2D eigenvalue weighted by atomic mass is 10.1. The predicted octanol–water partition coefficient (Wildman–Crippen LogP) is 6.16. The topological polar surface area (TPSA) is 26.3 Å². The van der Waals surface area contributed by atoms with Gasteiger partial charge in [0.05, 0.1) is 0 Å². The molecule has 0 fully saturated rings. The number of allylic oxidation sites excluding steroid dienone is 1. The molecule has 0 aliphatic rings. The second-order valence-electron chi connectivity index (χ2n) is 5.60. The number of thiophene rings is 1. The van der Waals surface area contributed by atoms with Crippen LogP contribution in [0.2, 0.25) is 0 Å². The molecule has 1 heterocycles. The van der Waals surface area contributed by atoms with Crippen molar-refractivity contribution in [1.29, 1.82) is 0 Å². The van der Waals surface area contributed by atoms with E-state index >= 15 is 0 Å². The van der Waals surface area contributed by atoms with Crippen molar-refractivity contribution in [1.82, 2.24) is 0 Å². The van der Waals surface area contributed by atoms with Gasteiger partial charge in [-0.1, -0.05) is 32.8 Å². The van der Waals surface area contributed by atoms with Gasteiger partial charge in [0.15, 0.2) is 0 Å². The minimum Gasteiger partial charge on any atom is -0.423 e. The summed E-state index contributed by atoms with van der Waals surface area (Å²) < 4.78 is 19.4. The van der Waals surface area contributed by atoms with Crippen LogP contribution in [0.5, 0.6) is 5.75 Å². The van der Waals surface area contributed by atoms with E-state index in [9.17, 15) is 9.18 Å². The number of rotatable bonds is 8. The lowest BCUT2D eigenvalue weighted by molar-refractivity contribution is -0.129. The number of aryl methyl sites for hydroxylation is 1. The summed E-state index contributed by atoms with van der Waals surface area (Å²) in [7, 11) is 0. The number of halogens is 1. The fraction of sp³-hybridized carbons (Fsp3) is 0.350. The first kappa shape index (κ1) is 18.4. The molecular formula is C20H23FO2S. The minimum absolute atomic E-state index is 0.224. The molecule has 0 saturated heterocycles. The molecule has 0 N–H and O–H groups in total. The maximum atomic E-state index is 14.4. The number of hydrogen-bond donors (Lipinski definition) is 0. The Morgan fingerprint density at radius 3 is 2.75 bits per heavy atom. The van der Waals surface area contributed by atoms with Gasteiger partial charge in [0.25, 0.3) is 0 Å². The third-order valence-corrected chi connectivity index (χ3v) is 4.78. The minimum atomic E-state index is -0.488. The lowest BCUT2D eigenvalue weighted by Crippen LogP contribution is -2.04. The maximum absolute atomic E-state index is 14.4. The molecule has 24 heavy (non-hydrogen) atoms. The van der Waals surface area contributed by atoms with Gasteiger partial charge in [0, 0.05) is 27.5 Å². The molecule has 2 nitrogen and oxygen atoms in total. The van der Waals surface area contributed by atoms with E-state index in [1.54, 1.807) is 29.5 Å². The van der Waals surface area contributed by atoms with Crippen LogP contribution in [0.4, 0.5) is 4.39 Å². The molecule has 2 aromatic rings. The molecule has 4 heteroatoms. The highest BCUT2D eigenvalue weighted by Crippen LogP contribution is 2.32. The Morgan fingerprint density at radius 1 is 1.21 bits per heavy atom. The summed E-state index contributed by atoms with van der Waals surface area (Å²) in [4.78, 5) is 13.7. The molecule has 0 spiro atoms. The van der Waals surface area contributed by atoms with Crippen molar-refractivity contribution in [3.63, 3.8) is 0 Å². The van der Waals surface area contributed by atoms with E-state index in [-0.39, 0.29) is 11.6 Å². The first-order valence-electron chi connectivity index (χ1n) is 8.41. The summed E-state index contributed by atoms with van der Waals surface area (Å²) in [5, 5.41) is 0. The van der Waals surface area contributed by atoms with Crippen molar-refractivity contribution >= 4 is 17.3 Å². The van der Waals surface area contributed by atoms with Gasteiger partial charge in [-0.05, 0) is 43.5 Å². The zero-order chi connectivity index (χ0) is 17.4. The first-order valence-corrected chi connectivity index (χ1v) is 9.22. The summed E-state index contributed by atoms with van der Waals surface area (Å²) in [6.07, 6.45) is 8.43. The van der Waals surface area contributed by atoms with Gasteiger partial charge in [-0.15, -0.1) is 11.3 Å². The van der Waals surface area contributed by atoms with Crippen molar-refractivity contribution in [3.05, 3.63) is 53.2 Å². The van der Waals surface area contributed by atoms with Crippen molar-refractivity contribution in [3.8, 4) is 16.2 Å². The highest BCUT2D eigenvalue weighted by molar-refractivity contribution is 7.15. The van der Waals surface area contributed by atoms with Crippen molar-refractivity contribution < 1.29 is 13.9 Å². The Kier molecular flexibility index (Phi) is 7.19. The quantitative estimate of drug-likeness (QED) is 0.248. The second kappa shape index (κ2) is 9.38. The number of benzene rings is 1. The number of unbranched alkanes of at least 4 members (excludes halogenated alkanes) is 2. The number of esters is 1. The van der Waals surface area contributed by atoms with Crippen LogP contribution >= 0.6 is 11.3 Å². The molecule has 2 rings (SSSR count). The summed E-state index contributed by atoms with van der Waals surface area (Å²) in [6.45, 7) is 4.11. The highest BCUT2D eigenvalue weighted by atomic mass is 32.1. The third kappa shape index (κ3) is 5.31. The maximum Gasteiger partial charge on any atom is 0.335 e. The molecule has 0 amide bonds. The van der Waals surface area contributed by atoms with Crippen LogP contribution in [0.25, 0.3) is 10.4 Å². The van der Waals surface area contributed by atoms with Gasteiger partial charge in [0.2, 0.25) is 0 Å². The van der Waals surface area contributed by atoms with Crippen molar-refractivity contribution in [2.24, 2.45) is 0 Å². The van der Waals surface area contributed by atoms with Crippen LogP contribution in [-0.2, 0) is 11.2 Å². The van der Waals surface area contributed by atoms with E-state index in [2.05, 4.69) is 13.0 Å². The van der Waals surface area contributed by atoms with E-state index in [0.717, 1.165) is 17.7 Å². The molecule has 0 bridgehead atoms. The average Bonchev–Trinajstić information content (AvgIpc) is 3.02. The molecule has 1 aromatic carbocycles. The summed E-state index contributed by atoms with van der Waals surface area (Å²) >= 11 is 1.62. The zero-order valence-electron chi connectivity index (χ0n) is 14.2. The summed E-state index contributed by atoms with van der Waals surface area (Å²) in [5.74, 6) is -0.637. The summed E-state index contributed by atoms with van der Waals surface area (Å²) in [6, 6.07) is 8.60. The Balaban J connectivity index is 2.06. The largest absolute Gasteiger partial charge is 0.423 e. The van der Waals surface area contributed by atoms with E-state index in [0.29, 0.717) is 5.56 Å². The van der Waals surface area contributed by atoms with E-state index in [1.165, 1.54) is 36.3 Å². The molecule has 0 unspecified atom stereocenters. The first-order chi connectivity index (χ1) is 11.6. The highest BCUT2D eigenvalue weighted by Gasteiger charge is 2.11. The Morgan fingerprint density at radius 2 is 2.04 bits per heavy atom. The third-order valence-electron chi connectivity index (χ3n) is 3.60. The molecule has 0 aliphatic heterocycles. The number of carbonyl (C=O) groups is 1. The smallest absolute Gasteiger partial charge is 0.335 e. The van der Waals surface area contributed by atoms with Crippen LogP contribution in [0, 0.1) is 5.82 Å². The van der Waals surface area contributed by atoms with Gasteiger partial charge in [-0.2, -0.15) is 0 Å². The van der Waals surface area contributed by atoms with Crippen LogP contribution in [0.1, 0.15) is 44.4 Å². The van der Waals surface area contributed by atoms with Crippen LogP contribution in [-0.4, -0.2) is 5.97 Å². The number of ether oxygens (including phenoxy) is 1. The fourth-order valence-electron chi connectivity index (χ4n) is 2.33. The normalized spacial score (nSPS) is 11.1. The van der Waals surface area contributed by atoms with Crippen molar-refractivity contribution in [2.75, 3.05) is 0 Å². The monoisotopic (exact) mass is 346 g/mol. The fourth-order valence-corrected chi connectivity index (χ4v) is 3.41. The Hall–Kier alpha value is -1.94. The molecule has 0 saturated carbocycles. The van der Waals surface area contributed by atoms with E-state index < -0.39 is 5.97 Å². The van der Waals surface area contributed by atoms with Crippen LogP contribution in [0.3, 0.4) is 0 Å². The molecule has 1 aromatic heterocycles.